The third-order valence-electron chi connectivity index (χ3n) is 2.53. The number of phenolic OH excluding ortho intramolecular Hbond substituents is 1. The lowest BCUT2D eigenvalue weighted by molar-refractivity contribution is 0.0953. The molecule has 0 aliphatic heterocycles. The number of carbonyl (C=O) groups excluding carboxylic acids is 2. The van der Waals surface area contributed by atoms with Crippen LogP contribution in [0.1, 0.15) is 10.4 Å². The van der Waals surface area contributed by atoms with E-state index in [0.29, 0.717) is 24.4 Å². The summed E-state index contributed by atoms with van der Waals surface area (Å²) in [6, 6.07) is 4.16. The molecule has 0 saturated heterocycles. The Morgan fingerprint density at radius 1 is 1.25 bits per heavy atom. The highest BCUT2D eigenvalue weighted by Gasteiger charge is 2.09. The molecule has 7 heteroatoms. The number of ether oxygens (including phenoxy) is 1. The van der Waals surface area contributed by atoms with E-state index < -0.39 is 0 Å². The van der Waals surface area contributed by atoms with Crippen LogP contribution in [0.2, 0.25) is 0 Å². The summed E-state index contributed by atoms with van der Waals surface area (Å²) in [7, 11) is 4.70. The van der Waals surface area contributed by atoms with Crippen LogP contribution in [0.25, 0.3) is 0 Å². The van der Waals surface area contributed by atoms with Gasteiger partial charge in [-0.2, -0.15) is 0 Å². The van der Waals surface area contributed by atoms with Crippen LogP contribution in [0.5, 0.6) is 11.5 Å². The molecule has 0 saturated carbocycles. The molecule has 0 aromatic heterocycles. The van der Waals surface area contributed by atoms with Crippen LogP contribution in [-0.2, 0) is 0 Å². The van der Waals surface area contributed by atoms with Gasteiger partial charge in [0.2, 0.25) is 0 Å². The maximum Gasteiger partial charge on any atom is 0.316 e. The topological polar surface area (TPSA) is 90.9 Å². The first kappa shape index (κ1) is 15.6. The van der Waals surface area contributed by atoms with Gasteiger partial charge in [-0.1, -0.05) is 0 Å². The van der Waals surface area contributed by atoms with Gasteiger partial charge in [-0.05, 0) is 18.2 Å². The van der Waals surface area contributed by atoms with Gasteiger partial charge in [0.25, 0.3) is 5.91 Å². The Kier molecular flexibility index (Phi) is 5.64. The Labute approximate surface area is 117 Å². The Balaban J connectivity index is 2.43. The third kappa shape index (κ3) is 4.34. The van der Waals surface area contributed by atoms with Gasteiger partial charge in [0.15, 0.2) is 11.5 Å². The van der Waals surface area contributed by atoms with Crippen molar-refractivity contribution in [3.05, 3.63) is 23.8 Å². The van der Waals surface area contributed by atoms with Gasteiger partial charge in [-0.3, -0.25) is 4.79 Å². The van der Waals surface area contributed by atoms with Crippen molar-refractivity contribution in [2.24, 2.45) is 0 Å². The number of carbonyl (C=O) groups is 2. The molecule has 7 nitrogen and oxygen atoms in total. The Bertz CT molecular complexity index is 489. The lowest BCUT2D eigenvalue weighted by Crippen LogP contribution is -2.39. The van der Waals surface area contributed by atoms with E-state index in [1.807, 2.05) is 0 Å². The van der Waals surface area contributed by atoms with Gasteiger partial charge in [0.1, 0.15) is 0 Å². The monoisotopic (exact) mass is 281 g/mol. The zero-order valence-electron chi connectivity index (χ0n) is 11.8. The summed E-state index contributed by atoms with van der Waals surface area (Å²) in [6.45, 7) is 0.621. The molecule has 0 atom stereocenters. The summed E-state index contributed by atoms with van der Waals surface area (Å²) < 4.78 is 4.89. The second-order valence-electron chi connectivity index (χ2n) is 4.27. The molecule has 0 unspecified atom stereocenters. The van der Waals surface area contributed by atoms with Crippen LogP contribution < -0.4 is 15.4 Å². The fourth-order valence-electron chi connectivity index (χ4n) is 1.44. The summed E-state index contributed by atoms with van der Waals surface area (Å²) >= 11 is 0. The normalized spacial score (nSPS) is 9.75. The number of hydrogen-bond donors (Lipinski definition) is 3. The molecule has 110 valence electrons. The minimum Gasteiger partial charge on any atom is -0.504 e. The largest absolute Gasteiger partial charge is 0.504 e. The second-order valence-corrected chi connectivity index (χ2v) is 4.27. The number of phenols is 1. The molecule has 0 aliphatic rings. The summed E-state index contributed by atoms with van der Waals surface area (Å²) in [5, 5.41) is 14.8. The molecule has 3 amide bonds. The second kappa shape index (κ2) is 7.22. The lowest BCUT2D eigenvalue weighted by Gasteiger charge is -2.12. The number of urea groups is 1. The number of aromatic hydroxyl groups is 1. The molecule has 0 aliphatic carbocycles. The molecule has 1 aromatic rings. The van der Waals surface area contributed by atoms with Crippen LogP contribution in [-0.4, -0.2) is 56.2 Å². The van der Waals surface area contributed by atoms with Crippen molar-refractivity contribution in [2.75, 3.05) is 34.3 Å². The highest BCUT2D eigenvalue weighted by atomic mass is 16.5. The number of rotatable bonds is 5. The smallest absolute Gasteiger partial charge is 0.316 e. The van der Waals surface area contributed by atoms with Crippen molar-refractivity contribution in [3.63, 3.8) is 0 Å². The molecule has 1 aromatic carbocycles. The van der Waals surface area contributed by atoms with Gasteiger partial charge >= 0.3 is 6.03 Å². The standard InChI is InChI=1S/C13H19N3O4/c1-16(2)13(19)15-7-6-14-12(18)9-4-5-11(20-3)10(17)8-9/h4-5,8,17H,6-7H2,1-3H3,(H,14,18)(H,15,19). The van der Waals surface area contributed by atoms with Gasteiger partial charge < -0.3 is 25.4 Å². The Hall–Kier alpha value is -2.44. The van der Waals surface area contributed by atoms with Crippen LogP contribution in [0.15, 0.2) is 18.2 Å². The summed E-state index contributed by atoms with van der Waals surface area (Å²) in [5.74, 6) is -0.122. The lowest BCUT2D eigenvalue weighted by atomic mass is 10.2. The van der Waals surface area contributed by atoms with E-state index in [1.54, 1.807) is 20.2 Å². The number of methoxy groups -OCH3 is 1. The highest BCUT2D eigenvalue weighted by Crippen LogP contribution is 2.25. The highest BCUT2D eigenvalue weighted by molar-refractivity contribution is 5.94. The first-order valence-electron chi connectivity index (χ1n) is 6.06. The van der Waals surface area contributed by atoms with E-state index in [4.69, 9.17) is 4.74 Å². The van der Waals surface area contributed by atoms with E-state index in [2.05, 4.69) is 10.6 Å². The van der Waals surface area contributed by atoms with Crippen molar-refractivity contribution in [3.8, 4) is 11.5 Å². The molecule has 1 rings (SSSR count). The zero-order chi connectivity index (χ0) is 15.1. The third-order valence-corrected chi connectivity index (χ3v) is 2.53. The minimum absolute atomic E-state index is 0.0962. The molecule has 0 heterocycles. The van der Waals surface area contributed by atoms with Crippen LogP contribution in [0, 0.1) is 0 Å². The van der Waals surface area contributed by atoms with E-state index in [9.17, 15) is 14.7 Å². The van der Waals surface area contributed by atoms with Crippen molar-refractivity contribution in [1.82, 2.24) is 15.5 Å². The zero-order valence-corrected chi connectivity index (χ0v) is 11.8. The molecule has 0 radical (unpaired) electrons. The SMILES string of the molecule is COc1ccc(C(=O)NCCNC(=O)N(C)C)cc1O. The minimum atomic E-state index is -0.331. The quantitative estimate of drug-likeness (QED) is 0.681. The van der Waals surface area contributed by atoms with E-state index in [-0.39, 0.29) is 17.7 Å². The van der Waals surface area contributed by atoms with Crippen LogP contribution in [0.3, 0.4) is 0 Å². The molecule has 0 fully saturated rings. The average Bonchev–Trinajstić information content (AvgIpc) is 2.42. The number of amides is 3. The fraction of sp³-hybridized carbons (Fsp3) is 0.385. The van der Waals surface area contributed by atoms with Crippen molar-refractivity contribution in [1.29, 1.82) is 0 Å². The Morgan fingerprint density at radius 2 is 1.90 bits per heavy atom. The molecule has 20 heavy (non-hydrogen) atoms. The molecular formula is C13H19N3O4. The summed E-state index contributed by atoms with van der Waals surface area (Å²) in [4.78, 5) is 24.4. The van der Waals surface area contributed by atoms with Crippen molar-refractivity contribution in [2.45, 2.75) is 0 Å². The molecule has 0 spiro atoms. The first-order chi connectivity index (χ1) is 9.45. The van der Waals surface area contributed by atoms with Crippen LogP contribution in [0.4, 0.5) is 4.79 Å². The number of hydrogen-bond acceptors (Lipinski definition) is 4. The van der Waals surface area contributed by atoms with E-state index >= 15 is 0 Å². The van der Waals surface area contributed by atoms with Crippen LogP contribution >= 0.6 is 0 Å². The van der Waals surface area contributed by atoms with Gasteiger partial charge in [0.05, 0.1) is 7.11 Å². The summed E-state index contributed by atoms with van der Waals surface area (Å²) in [5.41, 5.74) is 0.322. The number of nitrogens with zero attached hydrogens (tertiary/aromatic N) is 1. The van der Waals surface area contributed by atoms with Gasteiger partial charge in [-0.25, -0.2) is 4.79 Å². The Morgan fingerprint density at radius 3 is 2.45 bits per heavy atom. The number of benzene rings is 1. The average molecular weight is 281 g/mol. The summed E-state index contributed by atoms with van der Waals surface area (Å²) in [6.07, 6.45) is 0. The van der Waals surface area contributed by atoms with Crippen molar-refractivity contribution < 1.29 is 19.4 Å². The maximum atomic E-state index is 11.8. The van der Waals surface area contributed by atoms with E-state index in [1.165, 1.54) is 24.1 Å². The van der Waals surface area contributed by atoms with Crippen molar-refractivity contribution >= 4 is 11.9 Å². The van der Waals surface area contributed by atoms with Gasteiger partial charge in [-0.15, -0.1) is 0 Å². The predicted molar refractivity (Wildman–Crippen MR) is 74.1 cm³/mol. The van der Waals surface area contributed by atoms with E-state index in [0.717, 1.165) is 0 Å². The number of nitrogens with one attached hydrogen (secondary N) is 2. The predicted octanol–water partition coefficient (Wildman–Crippen LogP) is 0.402. The fourth-order valence-corrected chi connectivity index (χ4v) is 1.44. The first-order valence-corrected chi connectivity index (χ1v) is 6.06. The molecule has 3 N–H and O–H groups in total. The molecular weight excluding hydrogens is 262 g/mol. The van der Waals surface area contributed by atoms with Gasteiger partial charge in [0, 0.05) is 32.7 Å². The molecule has 0 bridgehead atoms. The maximum absolute atomic E-state index is 11.8.